The van der Waals surface area contributed by atoms with E-state index in [0.29, 0.717) is 6.61 Å². The SMILES string of the molecule is CCOc1ccc(CNc2cccc(N(C)C)c2)cc1. The lowest BCUT2D eigenvalue weighted by Gasteiger charge is -2.14. The summed E-state index contributed by atoms with van der Waals surface area (Å²) in [4.78, 5) is 2.10. The number of ether oxygens (including phenoxy) is 1. The second-order valence-electron chi connectivity index (χ2n) is 4.88. The summed E-state index contributed by atoms with van der Waals surface area (Å²) in [5, 5.41) is 3.44. The number of hydrogen-bond acceptors (Lipinski definition) is 3. The van der Waals surface area contributed by atoms with Gasteiger partial charge in [0.05, 0.1) is 6.61 Å². The predicted octanol–water partition coefficient (Wildman–Crippen LogP) is 3.76. The van der Waals surface area contributed by atoms with Crippen LogP contribution in [0.2, 0.25) is 0 Å². The van der Waals surface area contributed by atoms with Crippen LogP contribution in [0.4, 0.5) is 11.4 Å². The van der Waals surface area contributed by atoms with E-state index in [1.807, 2.05) is 33.2 Å². The molecule has 0 fully saturated rings. The smallest absolute Gasteiger partial charge is 0.119 e. The van der Waals surface area contributed by atoms with E-state index in [1.54, 1.807) is 0 Å². The van der Waals surface area contributed by atoms with Crippen LogP contribution in [0.15, 0.2) is 48.5 Å². The van der Waals surface area contributed by atoms with Gasteiger partial charge in [0.15, 0.2) is 0 Å². The highest BCUT2D eigenvalue weighted by atomic mass is 16.5. The maximum absolute atomic E-state index is 5.44. The molecule has 106 valence electrons. The molecule has 0 aliphatic carbocycles. The summed E-state index contributed by atoms with van der Waals surface area (Å²) in [7, 11) is 4.09. The van der Waals surface area contributed by atoms with E-state index in [9.17, 15) is 0 Å². The molecule has 20 heavy (non-hydrogen) atoms. The van der Waals surface area contributed by atoms with Crippen LogP contribution in [0, 0.1) is 0 Å². The fourth-order valence-electron chi connectivity index (χ4n) is 1.97. The third kappa shape index (κ3) is 3.92. The zero-order chi connectivity index (χ0) is 14.4. The highest BCUT2D eigenvalue weighted by Crippen LogP contribution is 2.18. The Morgan fingerprint density at radius 3 is 2.45 bits per heavy atom. The molecule has 3 nitrogen and oxygen atoms in total. The Bertz CT molecular complexity index is 535. The van der Waals surface area contributed by atoms with E-state index < -0.39 is 0 Å². The van der Waals surface area contributed by atoms with Crippen LogP contribution in [-0.4, -0.2) is 20.7 Å². The second-order valence-corrected chi connectivity index (χ2v) is 4.88. The average molecular weight is 270 g/mol. The molecular formula is C17H22N2O. The molecule has 0 atom stereocenters. The van der Waals surface area contributed by atoms with Gasteiger partial charge in [-0.25, -0.2) is 0 Å². The Morgan fingerprint density at radius 1 is 1.05 bits per heavy atom. The normalized spacial score (nSPS) is 10.2. The van der Waals surface area contributed by atoms with Gasteiger partial charge < -0.3 is 15.0 Å². The van der Waals surface area contributed by atoms with Crippen molar-refractivity contribution in [3.8, 4) is 5.75 Å². The molecule has 0 bridgehead atoms. The standard InChI is InChI=1S/C17H22N2O/c1-4-20-17-10-8-14(9-11-17)13-18-15-6-5-7-16(12-15)19(2)3/h5-12,18H,4,13H2,1-3H3. The summed E-state index contributed by atoms with van der Waals surface area (Å²) in [5.41, 5.74) is 3.57. The lowest BCUT2D eigenvalue weighted by molar-refractivity contribution is 0.340. The van der Waals surface area contributed by atoms with E-state index in [1.165, 1.54) is 11.3 Å². The van der Waals surface area contributed by atoms with Gasteiger partial charge in [-0.1, -0.05) is 18.2 Å². The molecule has 2 rings (SSSR count). The predicted molar refractivity (Wildman–Crippen MR) is 85.7 cm³/mol. The van der Waals surface area contributed by atoms with Gasteiger partial charge in [-0.3, -0.25) is 0 Å². The maximum atomic E-state index is 5.44. The van der Waals surface area contributed by atoms with Crippen LogP contribution in [-0.2, 0) is 6.54 Å². The van der Waals surface area contributed by atoms with Gasteiger partial charge in [0.1, 0.15) is 5.75 Å². The molecule has 0 saturated carbocycles. The van der Waals surface area contributed by atoms with Gasteiger partial charge in [0.25, 0.3) is 0 Å². The molecule has 0 radical (unpaired) electrons. The lowest BCUT2D eigenvalue weighted by atomic mass is 10.2. The van der Waals surface area contributed by atoms with Crippen LogP contribution < -0.4 is 15.0 Å². The topological polar surface area (TPSA) is 24.5 Å². The molecule has 0 unspecified atom stereocenters. The van der Waals surface area contributed by atoms with Crippen molar-refractivity contribution in [2.45, 2.75) is 13.5 Å². The van der Waals surface area contributed by atoms with Gasteiger partial charge in [0, 0.05) is 32.0 Å². The molecule has 0 aliphatic heterocycles. The van der Waals surface area contributed by atoms with Gasteiger partial charge >= 0.3 is 0 Å². The van der Waals surface area contributed by atoms with Crippen molar-refractivity contribution < 1.29 is 4.74 Å². The molecule has 0 heterocycles. The summed E-state index contributed by atoms with van der Waals surface area (Å²) >= 11 is 0. The minimum absolute atomic E-state index is 0.703. The fraction of sp³-hybridized carbons (Fsp3) is 0.294. The van der Waals surface area contributed by atoms with Crippen molar-refractivity contribution >= 4 is 11.4 Å². The average Bonchev–Trinajstić information content (AvgIpc) is 2.47. The van der Waals surface area contributed by atoms with Crippen molar-refractivity contribution in [2.24, 2.45) is 0 Å². The van der Waals surface area contributed by atoms with Crippen LogP contribution in [0.1, 0.15) is 12.5 Å². The number of hydrogen-bond donors (Lipinski definition) is 1. The quantitative estimate of drug-likeness (QED) is 0.865. The van der Waals surface area contributed by atoms with Gasteiger partial charge in [-0.2, -0.15) is 0 Å². The van der Waals surface area contributed by atoms with Gasteiger partial charge in [-0.15, -0.1) is 0 Å². The molecule has 0 spiro atoms. The Kier molecular flexibility index (Phi) is 4.88. The minimum Gasteiger partial charge on any atom is -0.494 e. The largest absolute Gasteiger partial charge is 0.494 e. The number of anilines is 2. The first-order valence-corrected chi connectivity index (χ1v) is 6.92. The first kappa shape index (κ1) is 14.3. The van der Waals surface area contributed by atoms with Crippen molar-refractivity contribution in [3.05, 3.63) is 54.1 Å². The number of benzene rings is 2. The number of nitrogens with one attached hydrogen (secondary N) is 1. The molecule has 1 N–H and O–H groups in total. The molecule has 0 saturated heterocycles. The van der Waals surface area contributed by atoms with Gasteiger partial charge in [-0.05, 0) is 42.8 Å². The summed E-state index contributed by atoms with van der Waals surface area (Å²) in [6, 6.07) is 16.6. The highest BCUT2D eigenvalue weighted by Gasteiger charge is 1.99. The number of nitrogens with zero attached hydrogens (tertiary/aromatic N) is 1. The number of rotatable bonds is 6. The van der Waals surface area contributed by atoms with Crippen molar-refractivity contribution in [1.29, 1.82) is 0 Å². The molecule has 0 aromatic heterocycles. The van der Waals surface area contributed by atoms with Crippen LogP contribution >= 0.6 is 0 Å². The van der Waals surface area contributed by atoms with Crippen LogP contribution in [0.5, 0.6) is 5.75 Å². The second kappa shape index (κ2) is 6.85. The Hall–Kier alpha value is -2.16. The summed E-state index contributed by atoms with van der Waals surface area (Å²) in [5.74, 6) is 0.922. The Balaban J connectivity index is 1.96. The molecule has 3 heteroatoms. The van der Waals surface area contributed by atoms with E-state index in [0.717, 1.165) is 18.0 Å². The minimum atomic E-state index is 0.703. The molecule has 2 aromatic carbocycles. The van der Waals surface area contributed by atoms with E-state index >= 15 is 0 Å². The molecular weight excluding hydrogens is 248 g/mol. The van der Waals surface area contributed by atoms with Crippen LogP contribution in [0.25, 0.3) is 0 Å². The first-order chi connectivity index (χ1) is 9.69. The van der Waals surface area contributed by atoms with E-state index in [4.69, 9.17) is 4.74 Å². The highest BCUT2D eigenvalue weighted by molar-refractivity contribution is 5.57. The Morgan fingerprint density at radius 2 is 1.80 bits per heavy atom. The molecule has 0 aliphatic rings. The molecule has 0 amide bonds. The lowest BCUT2D eigenvalue weighted by Crippen LogP contribution is -2.09. The van der Waals surface area contributed by atoms with Gasteiger partial charge in [0.2, 0.25) is 0 Å². The third-order valence-electron chi connectivity index (χ3n) is 3.09. The fourth-order valence-corrected chi connectivity index (χ4v) is 1.97. The zero-order valence-corrected chi connectivity index (χ0v) is 12.4. The van der Waals surface area contributed by atoms with Crippen LogP contribution in [0.3, 0.4) is 0 Å². The summed E-state index contributed by atoms with van der Waals surface area (Å²) in [6.07, 6.45) is 0. The third-order valence-corrected chi connectivity index (χ3v) is 3.09. The monoisotopic (exact) mass is 270 g/mol. The van der Waals surface area contributed by atoms with Crippen molar-refractivity contribution in [2.75, 3.05) is 30.9 Å². The Labute approximate surface area is 121 Å². The summed E-state index contributed by atoms with van der Waals surface area (Å²) in [6.45, 7) is 3.51. The maximum Gasteiger partial charge on any atom is 0.119 e. The summed E-state index contributed by atoms with van der Waals surface area (Å²) < 4.78 is 5.44. The molecule has 2 aromatic rings. The first-order valence-electron chi connectivity index (χ1n) is 6.92. The van der Waals surface area contributed by atoms with E-state index in [-0.39, 0.29) is 0 Å². The zero-order valence-electron chi connectivity index (χ0n) is 12.4. The van der Waals surface area contributed by atoms with Crippen molar-refractivity contribution in [1.82, 2.24) is 0 Å². The van der Waals surface area contributed by atoms with Crippen molar-refractivity contribution in [3.63, 3.8) is 0 Å². The van der Waals surface area contributed by atoms with E-state index in [2.05, 4.69) is 46.6 Å².